The van der Waals surface area contributed by atoms with Crippen LogP contribution in [0.3, 0.4) is 0 Å². The maximum atomic E-state index is 12.6. The molecule has 10 nitrogen and oxygen atoms in total. The number of hydrogen-bond acceptors (Lipinski definition) is 10. The van der Waals surface area contributed by atoms with E-state index in [1.54, 1.807) is 11.3 Å². The van der Waals surface area contributed by atoms with Crippen LogP contribution >= 0.6 is 23.1 Å². The second-order valence-corrected chi connectivity index (χ2v) is 23.5. The number of benzene rings is 4. The monoisotopic (exact) mass is 1070 g/mol. The summed E-state index contributed by atoms with van der Waals surface area (Å²) in [5.74, 6) is 3.23. The quantitative estimate of drug-likeness (QED) is 0.0422. The molecule has 0 radical (unpaired) electrons. The Bertz CT molecular complexity index is 2910. The van der Waals surface area contributed by atoms with Crippen molar-refractivity contribution in [2.24, 2.45) is 0 Å². The SMILES string of the molecule is CCCC1Oc2cccc3c2C(=C1c1nc2ccccc2s1)C=CN3CCCCCC(=O)NCCCCCCCCCCCCNC(=O)CCCCCN1C=CC2=C3CSc4ccccc4NCCC3Oc3cccc1c32. The number of nitrogens with one attached hydrogen (secondary N) is 3. The summed E-state index contributed by atoms with van der Waals surface area (Å²) < 4.78 is 14.6. The van der Waals surface area contributed by atoms with E-state index in [2.05, 4.69) is 142 Å². The van der Waals surface area contributed by atoms with Gasteiger partial charge in [-0.1, -0.05) is 114 Å². The minimum absolute atomic E-state index is 0.0183. The van der Waals surface area contributed by atoms with Gasteiger partial charge in [0.25, 0.3) is 0 Å². The number of carbonyl (C=O) groups is 2. The number of amides is 2. The average molecular weight is 1070 g/mol. The van der Waals surface area contributed by atoms with Gasteiger partial charge in [0.1, 0.15) is 28.7 Å². The lowest BCUT2D eigenvalue weighted by molar-refractivity contribution is -0.122. The second-order valence-electron chi connectivity index (χ2n) is 21.4. The Morgan fingerprint density at radius 3 is 1.90 bits per heavy atom. The van der Waals surface area contributed by atoms with Crippen LogP contribution in [0.15, 0.2) is 120 Å². The fraction of sp³-hybridized carbons (Fsp3) is 0.462. The van der Waals surface area contributed by atoms with Crippen molar-refractivity contribution in [3.05, 3.63) is 131 Å². The number of thioether (sulfide) groups is 1. The van der Waals surface area contributed by atoms with E-state index in [-0.39, 0.29) is 24.0 Å². The summed E-state index contributed by atoms with van der Waals surface area (Å²) in [5, 5.41) is 11.0. The molecule has 0 fully saturated rings. The van der Waals surface area contributed by atoms with Gasteiger partial charge in [-0.2, -0.15) is 0 Å². The fourth-order valence-electron chi connectivity index (χ4n) is 11.7. The van der Waals surface area contributed by atoms with Crippen LogP contribution in [0.2, 0.25) is 0 Å². The highest BCUT2D eigenvalue weighted by atomic mass is 32.2. The molecule has 0 bridgehead atoms. The number of nitrogens with zero attached hydrogens (tertiary/aromatic N) is 3. The zero-order chi connectivity index (χ0) is 52.6. The van der Waals surface area contributed by atoms with Crippen LogP contribution in [-0.4, -0.2) is 67.5 Å². The number of thiazole rings is 1. The first-order valence-electron chi connectivity index (χ1n) is 29.3. The average Bonchev–Trinajstić information content (AvgIpc) is 4.04. The van der Waals surface area contributed by atoms with Crippen molar-refractivity contribution in [3.63, 3.8) is 0 Å². The van der Waals surface area contributed by atoms with Gasteiger partial charge in [0.15, 0.2) is 0 Å². The molecule has 77 heavy (non-hydrogen) atoms. The van der Waals surface area contributed by atoms with Gasteiger partial charge >= 0.3 is 0 Å². The molecule has 10 rings (SSSR count). The van der Waals surface area contributed by atoms with Crippen molar-refractivity contribution in [1.29, 1.82) is 0 Å². The summed E-state index contributed by atoms with van der Waals surface area (Å²) in [6.07, 6.45) is 31.2. The Hall–Kier alpha value is -5.98. The molecule has 2 amide bonds. The van der Waals surface area contributed by atoms with Crippen molar-refractivity contribution < 1.29 is 19.1 Å². The smallest absolute Gasteiger partial charge is 0.219 e. The number of fused-ring (bicyclic) bond motifs is 3. The standard InChI is InChI=1S/C65H80N6O4S2/c1-2-25-55-64(65-69-51-27-16-18-33-59(51)77-65)48-38-45-71(53-29-24-31-57(75-55)63(48)53)43-22-12-14-35-61(73)68-40-20-10-8-6-4-3-5-7-9-19-39-67-60(72)34-13-11-21-42-70-44-37-47-49-46-76-58-32-17-15-26-50(58)66-41-36-54(49)74-56-30-23-28-52(70)62(47)56/h15-18,23-24,26-33,37-38,44-45,54-55,66H,2-14,19-22,25,34-36,39-43,46H2,1H3,(H,67,72)(H,68,73). The number of para-hydroxylation sites is 2. The van der Waals surface area contributed by atoms with E-state index < -0.39 is 0 Å². The Morgan fingerprint density at radius 2 is 1.23 bits per heavy atom. The predicted octanol–water partition coefficient (Wildman–Crippen LogP) is 15.5. The van der Waals surface area contributed by atoms with Crippen molar-refractivity contribution >= 4 is 78.9 Å². The van der Waals surface area contributed by atoms with Gasteiger partial charge in [-0.25, -0.2) is 4.98 Å². The van der Waals surface area contributed by atoms with E-state index in [9.17, 15) is 9.59 Å². The molecule has 0 spiro atoms. The number of rotatable bonds is 28. The lowest BCUT2D eigenvalue weighted by atomic mass is 9.88. The molecular formula is C65H80N6O4S2. The maximum absolute atomic E-state index is 12.6. The summed E-state index contributed by atoms with van der Waals surface area (Å²) in [4.78, 5) is 36.3. The van der Waals surface area contributed by atoms with E-state index in [4.69, 9.17) is 14.5 Å². The first-order chi connectivity index (χ1) is 38.0. The Kier molecular flexibility index (Phi) is 19.5. The normalized spacial score (nSPS) is 17.1. The van der Waals surface area contributed by atoms with E-state index in [1.807, 2.05) is 11.8 Å². The lowest BCUT2D eigenvalue weighted by Crippen LogP contribution is -2.30. The molecule has 3 N–H and O–H groups in total. The van der Waals surface area contributed by atoms with Gasteiger partial charge in [0.2, 0.25) is 11.8 Å². The fourth-order valence-corrected chi connectivity index (χ4v) is 13.9. The Labute approximate surface area is 466 Å². The van der Waals surface area contributed by atoms with Gasteiger partial charge in [0.05, 0.1) is 21.6 Å². The van der Waals surface area contributed by atoms with Crippen LogP contribution in [0.25, 0.3) is 26.9 Å². The maximum Gasteiger partial charge on any atom is 0.219 e. The number of aromatic nitrogens is 1. The molecule has 1 aromatic heterocycles. The van der Waals surface area contributed by atoms with Crippen molar-refractivity contribution in [2.45, 2.75) is 159 Å². The van der Waals surface area contributed by atoms with Gasteiger partial charge < -0.3 is 35.2 Å². The molecule has 0 aliphatic carbocycles. The zero-order valence-corrected chi connectivity index (χ0v) is 47.1. The lowest BCUT2D eigenvalue weighted by Gasteiger charge is -2.36. The summed E-state index contributed by atoms with van der Waals surface area (Å²) >= 11 is 3.65. The molecule has 6 heterocycles. The highest BCUT2D eigenvalue weighted by Crippen LogP contribution is 2.50. The van der Waals surface area contributed by atoms with E-state index in [1.165, 1.54) is 111 Å². The minimum Gasteiger partial charge on any atom is -0.485 e. The topological polar surface area (TPSA) is 108 Å². The predicted molar refractivity (Wildman–Crippen MR) is 322 cm³/mol. The van der Waals surface area contributed by atoms with Crippen molar-refractivity contribution in [2.75, 3.05) is 53.6 Å². The van der Waals surface area contributed by atoms with Gasteiger partial charge in [-0.05, 0) is 122 Å². The van der Waals surface area contributed by atoms with Crippen molar-refractivity contribution in [1.82, 2.24) is 15.6 Å². The van der Waals surface area contributed by atoms with E-state index in [0.29, 0.717) is 12.8 Å². The Morgan fingerprint density at radius 1 is 0.649 bits per heavy atom. The molecular weight excluding hydrogens is 993 g/mol. The van der Waals surface area contributed by atoms with Crippen LogP contribution in [-0.2, 0) is 9.59 Å². The number of carbonyl (C=O) groups excluding carboxylic acids is 2. The molecule has 2 unspecified atom stereocenters. The van der Waals surface area contributed by atoms with Crippen molar-refractivity contribution in [3.8, 4) is 11.5 Å². The zero-order valence-electron chi connectivity index (χ0n) is 45.4. The Balaban J connectivity index is 0.523. The minimum atomic E-state index is -0.0183. The number of unbranched alkanes of at least 4 members (excludes halogenated alkanes) is 13. The van der Waals surface area contributed by atoms with Gasteiger partial charge in [-0.3, -0.25) is 9.59 Å². The van der Waals surface area contributed by atoms with Gasteiger partial charge in [-0.15, -0.1) is 23.1 Å². The highest BCUT2D eigenvalue weighted by Gasteiger charge is 2.35. The molecule has 5 aliphatic heterocycles. The molecule has 5 aromatic rings. The molecule has 0 saturated heterocycles. The van der Waals surface area contributed by atoms with Crippen LogP contribution in [0, 0.1) is 0 Å². The van der Waals surface area contributed by atoms with Crippen LogP contribution < -0.4 is 35.2 Å². The number of allylic oxidation sites excluding steroid dienone is 4. The highest BCUT2D eigenvalue weighted by molar-refractivity contribution is 7.99. The number of ether oxygens (including phenoxy) is 2. The van der Waals surface area contributed by atoms with E-state index >= 15 is 0 Å². The number of anilines is 3. The summed E-state index contributed by atoms with van der Waals surface area (Å²) in [6.45, 7) is 6.49. The van der Waals surface area contributed by atoms with E-state index in [0.717, 1.165) is 131 Å². The molecule has 0 saturated carbocycles. The third-order valence-electron chi connectivity index (χ3n) is 15.8. The third-order valence-corrected chi connectivity index (χ3v) is 18.0. The second kappa shape index (κ2) is 27.6. The molecule has 2 atom stereocenters. The molecule has 5 aliphatic rings. The van der Waals surface area contributed by atoms with Crippen LogP contribution in [0.4, 0.5) is 17.1 Å². The summed E-state index contributed by atoms with van der Waals surface area (Å²) in [7, 11) is 0. The summed E-state index contributed by atoms with van der Waals surface area (Å²) in [6, 6.07) is 29.9. The molecule has 4 aromatic carbocycles. The first-order valence-corrected chi connectivity index (χ1v) is 31.1. The van der Waals surface area contributed by atoms with Gasteiger partial charge in [0, 0.05) is 97.4 Å². The molecule has 12 heteroatoms. The summed E-state index contributed by atoms with van der Waals surface area (Å²) in [5.41, 5.74) is 12.2. The van der Waals surface area contributed by atoms with Crippen LogP contribution in [0.1, 0.15) is 158 Å². The van der Waals surface area contributed by atoms with Crippen LogP contribution in [0.5, 0.6) is 11.5 Å². The first kappa shape index (κ1) is 54.4. The number of hydrogen-bond donors (Lipinski definition) is 3. The third kappa shape index (κ3) is 13.8. The molecule has 406 valence electrons. The largest absolute Gasteiger partial charge is 0.485 e.